The molecule has 0 saturated carbocycles. The van der Waals surface area contributed by atoms with Gasteiger partial charge >= 0.3 is 5.97 Å². The minimum atomic E-state index is -0.784. The van der Waals surface area contributed by atoms with Gasteiger partial charge in [0.2, 0.25) is 0 Å². The van der Waals surface area contributed by atoms with Gasteiger partial charge in [-0.2, -0.15) is 0 Å². The number of likely N-dealkylation sites (tertiary alicyclic amines) is 1. The van der Waals surface area contributed by atoms with E-state index in [1.54, 1.807) is 0 Å². The topological polar surface area (TPSA) is 49.8 Å². The Morgan fingerprint density at radius 1 is 1.55 bits per heavy atom. The van der Waals surface area contributed by atoms with Gasteiger partial charge in [-0.3, -0.25) is 9.69 Å². The van der Waals surface area contributed by atoms with Crippen LogP contribution in [0.3, 0.4) is 0 Å². The van der Waals surface area contributed by atoms with E-state index in [0.29, 0.717) is 12.5 Å². The van der Waals surface area contributed by atoms with Gasteiger partial charge in [-0.05, 0) is 49.9 Å². The zero-order chi connectivity index (χ0) is 14.5. The van der Waals surface area contributed by atoms with Gasteiger partial charge in [0.15, 0.2) is 0 Å². The Bertz CT molecular complexity index is 461. The third-order valence-electron chi connectivity index (χ3n) is 3.77. The van der Waals surface area contributed by atoms with Crippen molar-refractivity contribution in [3.8, 4) is 5.75 Å². The Kier molecular flexibility index (Phi) is 5.01. The summed E-state index contributed by atoms with van der Waals surface area (Å²) in [4.78, 5) is 13.8. The molecule has 20 heavy (non-hydrogen) atoms. The van der Waals surface area contributed by atoms with Crippen LogP contribution in [0.25, 0.3) is 0 Å². The lowest BCUT2D eigenvalue weighted by molar-refractivity contribution is -0.144. The fourth-order valence-corrected chi connectivity index (χ4v) is 2.91. The van der Waals surface area contributed by atoms with Crippen LogP contribution in [0, 0.1) is 5.92 Å². The summed E-state index contributed by atoms with van der Waals surface area (Å²) in [6.07, 6.45) is 2.25. The van der Waals surface area contributed by atoms with Gasteiger partial charge in [-0.15, -0.1) is 0 Å². The normalized spacial score (nSPS) is 21.4. The lowest BCUT2D eigenvalue weighted by Crippen LogP contribution is -2.40. The van der Waals surface area contributed by atoms with E-state index >= 15 is 0 Å². The zero-order valence-corrected chi connectivity index (χ0v) is 12.2. The molecule has 0 aliphatic carbocycles. The van der Waals surface area contributed by atoms with Crippen LogP contribution >= 0.6 is 0 Å². The fraction of sp³-hybridized carbons (Fsp3) is 0.562. The number of nitrogens with zero attached hydrogens (tertiary/aromatic N) is 1. The van der Waals surface area contributed by atoms with Crippen LogP contribution in [0.4, 0.5) is 0 Å². The lowest BCUT2D eigenvalue weighted by atomic mass is 9.96. The Morgan fingerprint density at radius 3 is 3.00 bits per heavy atom. The number of hydrogen-bond donors (Lipinski definition) is 1. The first-order valence-corrected chi connectivity index (χ1v) is 7.31. The van der Waals surface area contributed by atoms with Gasteiger partial charge in [0.05, 0.1) is 6.61 Å². The van der Waals surface area contributed by atoms with Crippen LogP contribution in [0.1, 0.15) is 38.3 Å². The predicted octanol–water partition coefficient (Wildman–Crippen LogP) is 2.94. The first kappa shape index (κ1) is 14.9. The molecular weight excluding hydrogens is 254 g/mol. The third kappa shape index (κ3) is 3.51. The van der Waals surface area contributed by atoms with Gasteiger partial charge in [-0.1, -0.05) is 19.1 Å². The second-order valence-electron chi connectivity index (χ2n) is 5.49. The third-order valence-corrected chi connectivity index (χ3v) is 3.77. The molecule has 1 aliphatic heterocycles. The SMILES string of the molecule is CCOc1cccc(C(C(=O)O)N2CCCC(C)C2)c1. The molecule has 1 aliphatic rings. The van der Waals surface area contributed by atoms with Gasteiger partial charge in [-0.25, -0.2) is 0 Å². The number of carbonyl (C=O) groups is 1. The number of rotatable bonds is 5. The molecule has 0 radical (unpaired) electrons. The number of benzene rings is 1. The molecular formula is C16H23NO3. The first-order valence-electron chi connectivity index (χ1n) is 7.31. The molecule has 0 spiro atoms. The number of ether oxygens (including phenoxy) is 1. The van der Waals surface area contributed by atoms with Crippen molar-refractivity contribution in [2.45, 2.75) is 32.7 Å². The van der Waals surface area contributed by atoms with Crippen molar-refractivity contribution >= 4 is 5.97 Å². The van der Waals surface area contributed by atoms with E-state index in [0.717, 1.165) is 30.8 Å². The molecule has 1 N–H and O–H groups in total. The Balaban J connectivity index is 2.23. The Labute approximate surface area is 120 Å². The second-order valence-corrected chi connectivity index (χ2v) is 5.49. The van der Waals surface area contributed by atoms with E-state index in [2.05, 4.69) is 11.8 Å². The van der Waals surface area contributed by atoms with Crippen molar-refractivity contribution < 1.29 is 14.6 Å². The van der Waals surface area contributed by atoms with Crippen LogP contribution in [-0.4, -0.2) is 35.7 Å². The number of aliphatic carboxylic acids is 1. The van der Waals surface area contributed by atoms with Crippen LogP contribution in [0.2, 0.25) is 0 Å². The van der Waals surface area contributed by atoms with Crippen molar-refractivity contribution in [1.29, 1.82) is 0 Å². The molecule has 1 heterocycles. The highest BCUT2D eigenvalue weighted by Gasteiger charge is 2.30. The molecule has 0 aromatic heterocycles. The zero-order valence-electron chi connectivity index (χ0n) is 12.2. The molecule has 0 amide bonds. The minimum absolute atomic E-state index is 0.556. The number of piperidine rings is 1. The average Bonchev–Trinajstić information content (AvgIpc) is 2.39. The van der Waals surface area contributed by atoms with Crippen molar-refractivity contribution in [2.24, 2.45) is 5.92 Å². The maximum atomic E-state index is 11.7. The largest absolute Gasteiger partial charge is 0.494 e. The van der Waals surface area contributed by atoms with Crippen molar-refractivity contribution in [3.05, 3.63) is 29.8 Å². The molecule has 2 unspecified atom stereocenters. The van der Waals surface area contributed by atoms with E-state index in [4.69, 9.17) is 4.74 Å². The summed E-state index contributed by atoms with van der Waals surface area (Å²) in [6, 6.07) is 6.88. The first-order chi connectivity index (χ1) is 9.61. The van der Waals surface area contributed by atoms with E-state index in [1.807, 2.05) is 31.2 Å². The minimum Gasteiger partial charge on any atom is -0.494 e. The molecule has 110 valence electrons. The lowest BCUT2D eigenvalue weighted by Gasteiger charge is -2.35. The highest BCUT2D eigenvalue weighted by Crippen LogP contribution is 2.29. The highest BCUT2D eigenvalue weighted by atomic mass is 16.5. The maximum Gasteiger partial charge on any atom is 0.325 e. The Morgan fingerprint density at radius 2 is 2.35 bits per heavy atom. The Hall–Kier alpha value is -1.55. The summed E-state index contributed by atoms with van der Waals surface area (Å²) in [6.45, 7) is 6.38. The number of carboxylic acid groups (broad SMARTS) is 1. The molecule has 2 rings (SSSR count). The van der Waals surface area contributed by atoms with E-state index in [-0.39, 0.29) is 0 Å². The van der Waals surface area contributed by atoms with Crippen molar-refractivity contribution in [2.75, 3.05) is 19.7 Å². The molecule has 1 aromatic rings. The van der Waals surface area contributed by atoms with Gasteiger partial charge < -0.3 is 9.84 Å². The summed E-state index contributed by atoms with van der Waals surface area (Å²) in [7, 11) is 0. The van der Waals surface area contributed by atoms with Crippen molar-refractivity contribution in [1.82, 2.24) is 4.90 Å². The average molecular weight is 277 g/mol. The second kappa shape index (κ2) is 6.75. The van der Waals surface area contributed by atoms with Gasteiger partial charge in [0, 0.05) is 6.54 Å². The molecule has 4 heteroatoms. The molecule has 0 bridgehead atoms. The molecule has 1 fully saturated rings. The molecule has 2 atom stereocenters. The van der Waals surface area contributed by atoms with E-state index < -0.39 is 12.0 Å². The van der Waals surface area contributed by atoms with Gasteiger partial charge in [0.1, 0.15) is 11.8 Å². The monoisotopic (exact) mass is 277 g/mol. The quantitative estimate of drug-likeness (QED) is 0.899. The smallest absolute Gasteiger partial charge is 0.325 e. The van der Waals surface area contributed by atoms with Crippen molar-refractivity contribution in [3.63, 3.8) is 0 Å². The maximum absolute atomic E-state index is 11.7. The molecule has 4 nitrogen and oxygen atoms in total. The van der Waals surface area contributed by atoms with Crippen LogP contribution in [0.5, 0.6) is 5.75 Å². The van der Waals surface area contributed by atoms with E-state index in [1.165, 1.54) is 6.42 Å². The van der Waals surface area contributed by atoms with E-state index in [9.17, 15) is 9.90 Å². The predicted molar refractivity (Wildman–Crippen MR) is 78.0 cm³/mol. The summed E-state index contributed by atoms with van der Waals surface area (Å²) < 4.78 is 5.47. The van der Waals surface area contributed by atoms with Crippen LogP contribution in [-0.2, 0) is 4.79 Å². The number of hydrogen-bond acceptors (Lipinski definition) is 3. The standard InChI is InChI=1S/C16H23NO3/c1-3-20-14-8-4-7-13(10-14)15(16(18)19)17-9-5-6-12(2)11-17/h4,7-8,10,12,15H,3,5-6,9,11H2,1-2H3,(H,18,19). The number of carboxylic acids is 1. The van der Waals surface area contributed by atoms with Gasteiger partial charge in [0.25, 0.3) is 0 Å². The summed E-state index contributed by atoms with van der Waals surface area (Å²) in [5, 5.41) is 9.60. The fourth-order valence-electron chi connectivity index (χ4n) is 2.91. The molecule has 1 saturated heterocycles. The summed E-state index contributed by atoms with van der Waals surface area (Å²) in [5.74, 6) is 0.509. The van der Waals surface area contributed by atoms with Crippen LogP contribution in [0.15, 0.2) is 24.3 Å². The highest BCUT2D eigenvalue weighted by molar-refractivity contribution is 5.75. The molecule has 1 aromatic carbocycles. The summed E-state index contributed by atoms with van der Waals surface area (Å²) >= 11 is 0. The van der Waals surface area contributed by atoms with Crippen LogP contribution < -0.4 is 4.74 Å². The summed E-state index contributed by atoms with van der Waals surface area (Å²) in [5.41, 5.74) is 0.803.